The number of likely N-dealkylation sites (tertiary alicyclic amines) is 1. The van der Waals surface area contributed by atoms with E-state index in [-0.39, 0.29) is 42.4 Å². The number of hydrogen-bond acceptors (Lipinski definition) is 5. The van der Waals surface area contributed by atoms with Crippen molar-refractivity contribution < 1.29 is 18.0 Å². The molecule has 0 radical (unpaired) electrons. The fraction of sp³-hybridized carbons (Fsp3) is 0.636. The van der Waals surface area contributed by atoms with Gasteiger partial charge in [-0.05, 0) is 49.8 Å². The maximum Gasteiger partial charge on any atom is 0.251 e. The molecule has 0 bridgehead atoms. The summed E-state index contributed by atoms with van der Waals surface area (Å²) < 4.78 is 26.9. The van der Waals surface area contributed by atoms with Gasteiger partial charge in [-0.25, -0.2) is 8.42 Å². The minimum atomic E-state index is -3.82. The minimum absolute atomic E-state index is 0.0428. The lowest BCUT2D eigenvalue weighted by Gasteiger charge is -2.33. The Kier molecular flexibility index (Phi) is 6.93. The summed E-state index contributed by atoms with van der Waals surface area (Å²) >= 11 is 0. The molecule has 2 amide bonds. The molecule has 0 unspecified atom stereocenters. The molecule has 1 aromatic carbocycles. The highest BCUT2D eigenvalue weighted by Gasteiger charge is 2.30. The van der Waals surface area contributed by atoms with Crippen LogP contribution in [0, 0.1) is 5.92 Å². The average Bonchev–Trinajstić information content (AvgIpc) is 3.28. The molecule has 31 heavy (non-hydrogen) atoms. The molecule has 1 aliphatic carbocycles. The lowest BCUT2D eigenvalue weighted by Crippen LogP contribution is -2.49. The highest BCUT2D eigenvalue weighted by Crippen LogP contribution is 2.26. The second-order valence-corrected chi connectivity index (χ2v) is 10.9. The van der Waals surface area contributed by atoms with Crippen LogP contribution in [0.2, 0.25) is 0 Å². The van der Waals surface area contributed by atoms with E-state index < -0.39 is 10.0 Å². The van der Waals surface area contributed by atoms with Crippen molar-refractivity contribution in [2.75, 3.05) is 39.3 Å². The van der Waals surface area contributed by atoms with Gasteiger partial charge in [-0.15, -0.1) is 0 Å². The Morgan fingerprint density at radius 2 is 1.84 bits per heavy atom. The van der Waals surface area contributed by atoms with E-state index in [4.69, 9.17) is 0 Å². The Morgan fingerprint density at radius 1 is 1.10 bits per heavy atom. The largest absolute Gasteiger partial charge is 0.354 e. The van der Waals surface area contributed by atoms with Gasteiger partial charge in [0.1, 0.15) is 0 Å². The molecule has 0 spiro atoms. The molecule has 3 fully saturated rings. The predicted octanol–water partition coefficient (Wildman–Crippen LogP) is 1.19. The Hall–Kier alpha value is -1.97. The van der Waals surface area contributed by atoms with Crippen LogP contribution in [0.1, 0.15) is 48.9 Å². The standard InChI is InChI=1S/C22H32N4O4S/c27-21-16-26(13-10-23-21)31(29,30)20-7-3-6-18(14-20)22(28)24-19-8-11-25(12-9-19)15-17-4-1-2-5-17/h3,6-7,14,17,19H,1-2,4-5,8-13,15-16H2,(H,23,27)(H,24,28). The molecule has 2 saturated heterocycles. The van der Waals surface area contributed by atoms with E-state index in [1.165, 1.54) is 44.4 Å². The number of nitrogens with zero attached hydrogens (tertiary/aromatic N) is 2. The van der Waals surface area contributed by atoms with Gasteiger partial charge >= 0.3 is 0 Å². The molecule has 4 rings (SSSR count). The van der Waals surface area contributed by atoms with Crippen molar-refractivity contribution in [3.05, 3.63) is 29.8 Å². The van der Waals surface area contributed by atoms with Gasteiger partial charge in [-0.3, -0.25) is 9.59 Å². The molecule has 3 aliphatic rings. The maximum absolute atomic E-state index is 12.9. The molecule has 2 N–H and O–H groups in total. The quantitative estimate of drug-likeness (QED) is 0.681. The first-order chi connectivity index (χ1) is 14.9. The number of carbonyl (C=O) groups excluding carboxylic acids is 2. The van der Waals surface area contributed by atoms with Gasteiger partial charge in [-0.2, -0.15) is 4.31 Å². The highest BCUT2D eigenvalue weighted by atomic mass is 32.2. The van der Waals surface area contributed by atoms with Crippen LogP contribution in [-0.2, 0) is 14.8 Å². The van der Waals surface area contributed by atoms with E-state index in [0.29, 0.717) is 5.56 Å². The summed E-state index contributed by atoms with van der Waals surface area (Å²) in [6.07, 6.45) is 7.24. The Balaban J connectivity index is 1.33. The van der Waals surface area contributed by atoms with Crippen LogP contribution in [-0.4, -0.2) is 74.7 Å². The van der Waals surface area contributed by atoms with E-state index in [1.54, 1.807) is 12.1 Å². The SMILES string of the molecule is O=C1CN(S(=O)(=O)c2cccc(C(=O)NC3CCN(CC4CCCC4)CC3)c2)CCN1. The van der Waals surface area contributed by atoms with Crippen molar-refractivity contribution in [1.82, 2.24) is 19.8 Å². The van der Waals surface area contributed by atoms with E-state index in [1.807, 2.05) is 0 Å². The normalized spacial score (nSPS) is 22.4. The first kappa shape index (κ1) is 22.2. The van der Waals surface area contributed by atoms with Crippen LogP contribution < -0.4 is 10.6 Å². The fourth-order valence-corrected chi connectivity index (χ4v) is 6.30. The number of hydrogen-bond donors (Lipinski definition) is 2. The molecule has 2 aliphatic heterocycles. The number of rotatable bonds is 6. The third-order valence-electron chi connectivity index (χ3n) is 6.65. The maximum atomic E-state index is 12.9. The second kappa shape index (κ2) is 9.67. The summed E-state index contributed by atoms with van der Waals surface area (Å²) in [4.78, 5) is 26.9. The summed E-state index contributed by atoms with van der Waals surface area (Å²) in [5.41, 5.74) is 0.330. The van der Waals surface area contributed by atoms with Crippen LogP contribution in [0.25, 0.3) is 0 Å². The van der Waals surface area contributed by atoms with Crippen LogP contribution in [0.3, 0.4) is 0 Å². The zero-order valence-electron chi connectivity index (χ0n) is 17.9. The van der Waals surface area contributed by atoms with Crippen molar-refractivity contribution in [1.29, 1.82) is 0 Å². The summed E-state index contributed by atoms with van der Waals surface area (Å²) in [6, 6.07) is 6.20. The van der Waals surface area contributed by atoms with Crippen molar-refractivity contribution >= 4 is 21.8 Å². The number of piperidine rings is 1. The van der Waals surface area contributed by atoms with Crippen molar-refractivity contribution in [3.8, 4) is 0 Å². The molecule has 170 valence electrons. The van der Waals surface area contributed by atoms with E-state index in [2.05, 4.69) is 15.5 Å². The zero-order valence-corrected chi connectivity index (χ0v) is 18.7. The van der Waals surface area contributed by atoms with Gasteiger partial charge in [0.25, 0.3) is 5.91 Å². The molecule has 9 heteroatoms. The van der Waals surface area contributed by atoms with Crippen molar-refractivity contribution in [2.24, 2.45) is 5.92 Å². The molecular formula is C22H32N4O4S. The van der Waals surface area contributed by atoms with Crippen molar-refractivity contribution in [2.45, 2.75) is 49.5 Å². The number of benzene rings is 1. The smallest absolute Gasteiger partial charge is 0.251 e. The van der Waals surface area contributed by atoms with Gasteiger partial charge in [0, 0.05) is 44.3 Å². The fourth-order valence-electron chi connectivity index (χ4n) is 4.85. The molecule has 1 saturated carbocycles. The molecule has 0 aromatic heterocycles. The predicted molar refractivity (Wildman–Crippen MR) is 117 cm³/mol. The first-order valence-electron chi connectivity index (χ1n) is 11.3. The summed E-state index contributed by atoms with van der Waals surface area (Å²) in [7, 11) is -3.82. The number of piperazine rings is 1. The summed E-state index contributed by atoms with van der Waals surface area (Å²) in [5, 5.41) is 5.70. The lowest BCUT2D eigenvalue weighted by molar-refractivity contribution is -0.122. The third-order valence-corrected chi connectivity index (χ3v) is 8.49. The molecule has 1 aromatic rings. The van der Waals surface area contributed by atoms with E-state index >= 15 is 0 Å². The van der Waals surface area contributed by atoms with E-state index in [9.17, 15) is 18.0 Å². The highest BCUT2D eigenvalue weighted by molar-refractivity contribution is 7.89. The molecule has 0 atom stereocenters. The summed E-state index contributed by atoms with van der Waals surface area (Å²) in [6.45, 7) is 3.48. The first-order valence-corrected chi connectivity index (χ1v) is 12.8. The van der Waals surface area contributed by atoms with Gasteiger partial charge in [-0.1, -0.05) is 18.9 Å². The van der Waals surface area contributed by atoms with Gasteiger partial charge in [0.15, 0.2) is 0 Å². The minimum Gasteiger partial charge on any atom is -0.354 e. The molecule has 2 heterocycles. The molecular weight excluding hydrogens is 416 g/mol. The third kappa shape index (κ3) is 5.45. The second-order valence-electron chi connectivity index (χ2n) is 8.92. The van der Waals surface area contributed by atoms with E-state index in [0.717, 1.165) is 36.2 Å². The molecule has 8 nitrogen and oxygen atoms in total. The van der Waals surface area contributed by atoms with Crippen LogP contribution in [0.5, 0.6) is 0 Å². The van der Waals surface area contributed by atoms with Gasteiger partial charge < -0.3 is 15.5 Å². The van der Waals surface area contributed by atoms with Gasteiger partial charge in [0.05, 0.1) is 11.4 Å². The van der Waals surface area contributed by atoms with Crippen LogP contribution in [0.15, 0.2) is 29.2 Å². The number of carbonyl (C=O) groups is 2. The van der Waals surface area contributed by atoms with Crippen LogP contribution in [0.4, 0.5) is 0 Å². The number of nitrogens with one attached hydrogen (secondary N) is 2. The number of sulfonamides is 1. The lowest BCUT2D eigenvalue weighted by atomic mass is 10.0. The van der Waals surface area contributed by atoms with Crippen LogP contribution >= 0.6 is 0 Å². The van der Waals surface area contributed by atoms with Gasteiger partial charge in [0.2, 0.25) is 15.9 Å². The Bertz CT molecular complexity index is 906. The Morgan fingerprint density at radius 3 is 2.55 bits per heavy atom. The monoisotopic (exact) mass is 448 g/mol. The zero-order chi connectivity index (χ0) is 21.8. The Labute approximate surface area is 184 Å². The van der Waals surface area contributed by atoms with Crippen molar-refractivity contribution in [3.63, 3.8) is 0 Å². The summed E-state index contributed by atoms with van der Waals surface area (Å²) in [5.74, 6) is 0.271. The number of amides is 2. The topological polar surface area (TPSA) is 98.8 Å². The average molecular weight is 449 g/mol.